The maximum atomic E-state index is 13.7. The topological polar surface area (TPSA) is 28.7 Å². The predicted octanol–water partition coefficient (Wildman–Crippen LogP) is 4.26. The van der Waals surface area contributed by atoms with Gasteiger partial charge < -0.3 is 4.98 Å². The van der Waals surface area contributed by atoms with Crippen LogP contribution < -0.4 is 0 Å². The van der Waals surface area contributed by atoms with Gasteiger partial charge in [-0.15, -0.1) is 0 Å². The van der Waals surface area contributed by atoms with Gasteiger partial charge >= 0.3 is 0 Å². The van der Waals surface area contributed by atoms with Crippen LogP contribution in [0.2, 0.25) is 0 Å². The summed E-state index contributed by atoms with van der Waals surface area (Å²) in [5, 5.41) is 0. The van der Waals surface area contributed by atoms with Gasteiger partial charge in [0.15, 0.2) is 0 Å². The fourth-order valence-corrected chi connectivity index (χ4v) is 2.16. The second kappa shape index (κ2) is 4.37. The van der Waals surface area contributed by atoms with Crippen molar-refractivity contribution in [3.05, 3.63) is 52.8 Å². The van der Waals surface area contributed by atoms with E-state index in [-0.39, 0.29) is 11.4 Å². The van der Waals surface area contributed by atoms with Crippen molar-refractivity contribution in [1.29, 1.82) is 0 Å². The van der Waals surface area contributed by atoms with Crippen molar-refractivity contribution in [2.24, 2.45) is 0 Å². The average Bonchev–Trinajstić information content (AvgIpc) is 2.70. The Morgan fingerprint density at radius 2 is 1.50 bits per heavy atom. The highest BCUT2D eigenvalue weighted by Crippen LogP contribution is 2.27. The van der Waals surface area contributed by atoms with Crippen LogP contribution in [0, 0.1) is 31.3 Å². The van der Waals surface area contributed by atoms with Crippen LogP contribution in [0.4, 0.5) is 13.2 Å². The normalized spacial score (nSPS) is 11.2. The average molecular weight is 276 g/mol. The molecule has 1 N–H and O–H groups in total. The monoisotopic (exact) mass is 276 g/mol. The lowest BCUT2D eigenvalue weighted by Crippen LogP contribution is -1.93. The number of imidazole rings is 1. The number of nitrogens with one attached hydrogen (secondary N) is 1. The molecule has 0 atom stereocenters. The van der Waals surface area contributed by atoms with Gasteiger partial charge in [0.1, 0.15) is 23.3 Å². The molecule has 2 nitrogen and oxygen atoms in total. The number of hydrogen-bond donors (Lipinski definition) is 1. The van der Waals surface area contributed by atoms with Crippen molar-refractivity contribution in [2.45, 2.75) is 13.8 Å². The molecule has 0 saturated heterocycles. The predicted molar refractivity (Wildman–Crippen MR) is 70.9 cm³/mol. The van der Waals surface area contributed by atoms with Crippen LogP contribution in [-0.2, 0) is 0 Å². The number of hydrogen-bond acceptors (Lipinski definition) is 1. The summed E-state index contributed by atoms with van der Waals surface area (Å²) in [6.07, 6.45) is 0. The molecule has 0 unspecified atom stereocenters. The van der Waals surface area contributed by atoms with E-state index in [0.29, 0.717) is 23.2 Å². The van der Waals surface area contributed by atoms with E-state index in [0.717, 1.165) is 11.1 Å². The molecule has 3 aromatic rings. The third-order valence-electron chi connectivity index (χ3n) is 3.34. The Morgan fingerprint density at radius 3 is 2.15 bits per heavy atom. The smallest absolute Gasteiger partial charge is 0.144 e. The summed E-state index contributed by atoms with van der Waals surface area (Å²) in [6.45, 7) is 3.87. The van der Waals surface area contributed by atoms with Gasteiger partial charge in [0.25, 0.3) is 0 Å². The molecule has 0 spiro atoms. The van der Waals surface area contributed by atoms with Crippen LogP contribution in [0.25, 0.3) is 22.4 Å². The highest BCUT2D eigenvalue weighted by atomic mass is 19.1. The lowest BCUT2D eigenvalue weighted by molar-refractivity contribution is 0.547. The number of rotatable bonds is 1. The molecule has 5 heteroatoms. The zero-order valence-corrected chi connectivity index (χ0v) is 10.9. The van der Waals surface area contributed by atoms with Crippen LogP contribution in [0.5, 0.6) is 0 Å². The van der Waals surface area contributed by atoms with Crippen LogP contribution >= 0.6 is 0 Å². The van der Waals surface area contributed by atoms with E-state index in [1.54, 1.807) is 0 Å². The molecule has 2 aromatic carbocycles. The van der Waals surface area contributed by atoms with Crippen molar-refractivity contribution in [1.82, 2.24) is 9.97 Å². The van der Waals surface area contributed by atoms with Crippen LogP contribution in [-0.4, -0.2) is 9.97 Å². The first-order chi connectivity index (χ1) is 9.45. The van der Waals surface area contributed by atoms with Crippen molar-refractivity contribution < 1.29 is 13.2 Å². The highest BCUT2D eigenvalue weighted by Gasteiger charge is 2.17. The van der Waals surface area contributed by atoms with Crippen molar-refractivity contribution in [2.75, 3.05) is 0 Å². The number of benzene rings is 2. The number of nitrogens with zero attached hydrogens (tertiary/aromatic N) is 1. The molecule has 1 heterocycles. The quantitative estimate of drug-likeness (QED) is 0.706. The van der Waals surface area contributed by atoms with Crippen LogP contribution in [0.1, 0.15) is 11.1 Å². The zero-order chi connectivity index (χ0) is 14.4. The Labute approximate surface area is 113 Å². The Hall–Kier alpha value is -2.30. The fourth-order valence-electron chi connectivity index (χ4n) is 2.16. The first kappa shape index (κ1) is 12.7. The first-order valence-corrected chi connectivity index (χ1v) is 6.07. The largest absolute Gasteiger partial charge is 0.338 e. The van der Waals surface area contributed by atoms with E-state index in [1.165, 1.54) is 0 Å². The molecular formula is C15H11F3N2. The molecule has 3 rings (SSSR count). The van der Waals surface area contributed by atoms with Crippen LogP contribution in [0.3, 0.4) is 0 Å². The molecule has 0 aliphatic heterocycles. The molecule has 20 heavy (non-hydrogen) atoms. The fraction of sp³-hybridized carbons (Fsp3) is 0.133. The zero-order valence-electron chi connectivity index (χ0n) is 10.9. The second-order valence-electron chi connectivity index (χ2n) is 4.78. The van der Waals surface area contributed by atoms with E-state index in [1.807, 2.05) is 26.0 Å². The molecule has 0 radical (unpaired) electrons. The van der Waals surface area contributed by atoms with Crippen LogP contribution in [0.15, 0.2) is 24.3 Å². The third-order valence-corrected chi connectivity index (χ3v) is 3.34. The van der Waals surface area contributed by atoms with Crippen molar-refractivity contribution in [3.63, 3.8) is 0 Å². The summed E-state index contributed by atoms with van der Waals surface area (Å²) in [5.74, 6) is -2.85. The standard InChI is InChI=1S/C15H11F3N2/c1-7-3-12-13(4-8(7)2)20-15(19-12)14-10(17)5-9(16)6-11(14)18/h3-6H,1-2H3,(H,19,20). The van der Waals surface area contributed by atoms with E-state index in [2.05, 4.69) is 9.97 Å². The maximum absolute atomic E-state index is 13.7. The molecule has 0 amide bonds. The number of H-pyrrole nitrogens is 1. The Bertz CT molecular complexity index is 759. The summed E-state index contributed by atoms with van der Waals surface area (Å²) >= 11 is 0. The number of halogens is 3. The first-order valence-electron chi connectivity index (χ1n) is 6.07. The Morgan fingerprint density at radius 1 is 0.900 bits per heavy atom. The van der Waals surface area contributed by atoms with E-state index in [9.17, 15) is 13.2 Å². The van der Waals surface area contributed by atoms with Gasteiger partial charge in [-0.3, -0.25) is 0 Å². The third kappa shape index (κ3) is 1.95. The molecule has 1 aromatic heterocycles. The van der Waals surface area contributed by atoms with Gasteiger partial charge in [-0.1, -0.05) is 0 Å². The molecule has 0 saturated carbocycles. The van der Waals surface area contributed by atoms with Gasteiger partial charge in [0, 0.05) is 12.1 Å². The van der Waals surface area contributed by atoms with Gasteiger partial charge in [-0.25, -0.2) is 18.2 Å². The Balaban J connectivity index is 2.25. The Kier molecular flexibility index (Phi) is 2.78. The summed E-state index contributed by atoms with van der Waals surface area (Å²) in [7, 11) is 0. The minimum absolute atomic E-state index is 0.0556. The minimum atomic E-state index is -0.977. The van der Waals surface area contributed by atoms with E-state index in [4.69, 9.17) is 0 Å². The summed E-state index contributed by atoms with van der Waals surface area (Å²) in [6, 6.07) is 4.98. The van der Waals surface area contributed by atoms with E-state index < -0.39 is 17.5 Å². The summed E-state index contributed by atoms with van der Waals surface area (Å²) < 4.78 is 40.4. The van der Waals surface area contributed by atoms with Gasteiger partial charge in [0.05, 0.1) is 16.6 Å². The van der Waals surface area contributed by atoms with Gasteiger partial charge in [-0.2, -0.15) is 0 Å². The van der Waals surface area contributed by atoms with E-state index >= 15 is 0 Å². The molecular weight excluding hydrogens is 265 g/mol. The molecule has 102 valence electrons. The van der Waals surface area contributed by atoms with Gasteiger partial charge in [0.2, 0.25) is 0 Å². The van der Waals surface area contributed by atoms with Crippen molar-refractivity contribution >= 4 is 11.0 Å². The lowest BCUT2D eigenvalue weighted by atomic mass is 10.1. The van der Waals surface area contributed by atoms with Crippen molar-refractivity contribution in [3.8, 4) is 11.4 Å². The summed E-state index contributed by atoms with van der Waals surface area (Å²) in [4.78, 5) is 7.05. The number of fused-ring (bicyclic) bond motifs is 1. The second-order valence-corrected chi connectivity index (χ2v) is 4.78. The molecule has 0 bridgehead atoms. The number of aromatic nitrogens is 2. The molecule has 0 aliphatic carbocycles. The lowest BCUT2D eigenvalue weighted by Gasteiger charge is -2.01. The molecule has 0 aliphatic rings. The van der Waals surface area contributed by atoms with Gasteiger partial charge in [-0.05, 0) is 37.1 Å². The highest BCUT2D eigenvalue weighted by molar-refractivity contribution is 5.81. The number of aryl methyl sites for hydroxylation is 2. The molecule has 0 fully saturated rings. The maximum Gasteiger partial charge on any atom is 0.144 e. The SMILES string of the molecule is Cc1cc2nc(-c3c(F)cc(F)cc3F)[nH]c2cc1C. The minimum Gasteiger partial charge on any atom is -0.338 e. The number of aromatic amines is 1. The summed E-state index contributed by atoms with van der Waals surface area (Å²) in [5.41, 5.74) is 3.04.